The average molecular weight is 389 g/mol. The minimum atomic E-state index is -0.538. The minimum Gasteiger partial charge on any atom is -0.475 e. The normalized spacial score (nSPS) is 16.0. The van der Waals surface area contributed by atoms with Crippen LogP contribution in [0.5, 0.6) is 5.88 Å². The first-order valence-corrected chi connectivity index (χ1v) is 8.66. The zero-order chi connectivity index (χ0) is 19.9. The Labute approximate surface area is 161 Å². The number of rotatable bonds is 8. The second-order valence-electron chi connectivity index (χ2n) is 6.03. The number of ether oxygens (including phenoxy) is 3. The number of amides is 2. The van der Waals surface area contributed by atoms with Gasteiger partial charge in [0, 0.05) is 30.6 Å². The molecule has 1 aliphatic heterocycles. The van der Waals surface area contributed by atoms with Crippen LogP contribution in [0.15, 0.2) is 42.6 Å². The van der Waals surface area contributed by atoms with Gasteiger partial charge in [-0.25, -0.2) is 14.2 Å². The van der Waals surface area contributed by atoms with Gasteiger partial charge in [-0.2, -0.15) is 0 Å². The van der Waals surface area contributed by atoms with Crippen LogP contribution >= 0.6 is 0 Å². The summed E-state index contributed by atoms with van der Waals surface area (Å²) in [4.78, 5) is 29.8. The van der Waals surface area contributed by atoms with Crippen molar-refractivity contribution in [2.75, 3.05) is 38.3 Å². The van der Waals surface area contributed by atoms with E-state index in [1.807, 2.05) is 0 Å². The molecular formula is C19H20FN3O5. The minimum absolute atomic E-state index is 0.143. The molecule has 2 amide bonds. The number of benzene rings is 1. The van der Waals surface area contributed by atoms with E-state index in [-0.39, 0.29) is 24.8 Å². The molecule has 3 rings (SSSR count). The van der Waals surface area contributed by atoms with Gasteiger partial charge >= 0.3 is 6.09 Å². The molecule has 0 radical (unpaired) electrons. The molecule has 1 aliphatic rings. The number of carbonyl (C=O) groups excluding carboxylic acids is 2. The first kappa shape index (κ1) is 19.6. The summed E-state index contributed by atoms with van der Waals surface area (Å²) in [5, 5.41) is 2.73. The van der Waals surface area contributed by atoms with E-state index in [1.54, 1.807) is 13.2 Å². The molecule has 0 aliphatic carbocycles. The quantitative estimate of drug-likeness (QED) is 0.695. The van der Waals surface area contributed by atoms with E-state index in [9.17, 15) is 14.0 Å². The zero-order valence-corrected chi connectivity index (χ0v) is 15.3. The predicted octanol–water partition coefficient (Wildman–Crippen LogP) is 2.00. The summed E-state index contributed by atoms with van der Waals surface area (Å²) in [6.45, 7) is 1.14. The number of methoxy groups -OCH3 is 1. The molecule has 1 aromatic carbocycles. The lowest BCUT2D eigenvalue weighted by atomic mass is 10.2. The number of anilines is 1. The highest BCUT2D eigenvalue weighted by Crippen LogP contribution is 2.21. The van der Waals surface area contributed by atoms with Crippen LogP contribution in [0.25, 0.3) is 0 Å². The van der Waals surface area contributed by atoms with Crippen molar-refractivity contribution in [3.05, 3.63) is 54.0 Å². The number of hydrogen-bond acceptors (Lipinski definition) is 6. The first-order valence-electron chi connectivity index (χ1n) is 8.66. The van der Waals surface area contributed by atoms with Gasteiger partial charge in [0.2, 0.25) is 5.88 Å². The van der Waals surface area contributed by atoms with Crippen LogP contribution in [0.3, 0.4) is 0 Å². The number of hydrogen-bond donors (Lipinski definition) is 1. The third kappa shape index (κ3) is 4.95. The Bertz CT molecular complexity index is 831. The lowest BCUT2D eigenvalue weighted by Crippen LogP contribution is -2.34. The van der Waals surface area contributed by atoms with Crippen LogP contribution in [0.2, 0.25) is 0 Å². The maximum Gasteiger partial charge on any atom is 0.414 e. The van der Waals surface area contributed by atoms with Crippen molar-refractivity contribution in [1.29, 1.82) is 0 Å². The summed E-state index contributed by atoms with van der Waals surface area (Å²) in [7, 11) is 1.56. The summed E-state index contributed by atoms with van der Waals surface area (Å²) in [5.74, 6) is -0.405. The van der Waals surface area contributed by atoms with Crippen molar-refractivity contribution in [3.8, 4) is 5.88 Å². The Morgan fingerprint density at radius 3 is 2.86 bits per heavy atom. The molecule has 2 aromatic rings. The van der Waals surface area contributed by atoms with Crippen molar-refractivity contribution >= 4 is 17.7 Å². The highest BCUT2D eigenvalue weighted by atomic mass is 19.1. The van der Waals surface area contributed by atoms with E-state index in [4.69, 9.17) is 14.2 Å². The van der Waals surface area contributed by atoms with Gasteiger partial charge in [-0.3, -0.25) is 9.69 Å². The topological polar surface area (TPSA) is 90.0 Å². The molecule has 148 valence electrons. The summed E-state index contributed by atoms with van der Waals surface area (Å²) in [5.41, 5.74) is 0.911. The van der Waals surface area contributed by atoms with Crippen molar-refractivity contribution < 1.29 is 28.2 Å². The molecule has 0 unspecified atom stereocenters. The molecular weight excluding hydrogens is 369 g/mol. The Hall–Kier alpha value is -3.20. The first-order chi connectivity index (χ1) is 13.6. The fourth-order valence-electron chi connectivity index (χ4n) is 2.63. The van der Waals surface area contributed by atoms with Gasteiger partial charge in [-0.15, -0.1) is 0 Å². The fourth-order valence-corrected chi connectivity index (χ4v) is 2.63. The smallest absolute Gasteiger partial charge is 0.414 e. The van der Waals surface area contributed by atoms with Gasteiger partial charge in [0.25, 0.3) is 5.91 Å². The number of carbonyl (C=O) groups is 2. The van der Waals surface area contributed by atoms with Gasteiger partial charge in [-0.1, -0.05) is 0 Å². The second-order valence-corrected chi connectivity index (χ2v) is 6.03. The van der Waals surface area contributed by atoms with Crippen LogP contribution in [-0.4, -0.2) is 56.5 Å². The summed E-state index contributed by atoms with van der Waals surface area (Å²) in [6, 6.07) is 8.63. The molecule has 8 nitrogen and oxygen atoms in total. The van der Waals surface area contributed by atoms with E-state index >= 15 is 0 Å². The van der Waals surface area contributed by atoms with Gasteiger partial charge in [-0.05, 0) is 30.3 Å². The standard InChI is InChI=1S/C19H20FN3O5/c1-26-8-9-27-17-10-13(6-7-21-17)18(24)22-11-16-12-23(19(25)28-16)15-4-2-14(20)3-5-15/h2-7,10,16H,8-9,11-12H2,1H3,(H,22,24)/t16-/m0/s1. The lowest BCUT2D eigenvalue weighted by Gasteiger charge is -2.13. The van der Waals surface area contributed by atoms with Gasteiger partial charge in [0.15, 0.2) is 0 Å². The maximum atomic E-state index is 13.0. The molecule has 0 saturated carbocycles. The number of aromatic nitrogens is 1. The van der Waals surface area contributed by atoms with Crippen LogP contribution in [-0.2, 0) is 9.47 Å². The SMILES string of the molecule is COCCOc1cc(C(=O)NC[C@H]2CN(c3ccc(F)cc3)C(=O)O2)ccn1. The number of pyridine rings is 1. The summed E-state index contributed by atoms with van der Waals surface area (Å²) in [6.07, 6.45) is 0.424. The van der Waals surface area contributed by atoms with Crippen LogP contribution in [0.1, 0.15) is 10.4 Å². The average Bonchev–Trinajstić information content (AvgIpc) is 3.08. The Balaban J connectivity index is 1.53. The number of cyclic esters (lactones) is 1. The molecule has 2 heterocycles. The number of nitrogens with one attached hydrogen (secondary N) is 1. The van der Waals surface area contributed by atoms with Crippen molar-refractivity contribution in [2.45, 2.75) is 6.10 Å². The van der Waals surface area contributed by atoms with Crippen molar-refractivity contribution in [2.24, 2.45) is 0 Å². The van der Waals surface area contributed by atoms with Crippen LogP contribution < -0.4 is 15.0 Å². The number of nitrogens with zero attached hydrogens (tertiary/aromatic N) is 2. The highest BCUT2D eigenvalue weighted by molar-refractivity contribution is 5.94. The monoisotopic (exact) mass is 389 g/mol. The van der Waals surface area contributed by atoms with E-state index in [2.05, 4.69) is 10.3 Å². The largest absolute Gasteiger partial charge is 0.475 e. The van der Waals surface area contributed by atoms with Gasteiger partial charge in [0.1, 0.15) is 18.5 Å². The third-order valence-corrected chi connectivity index (χ3v) is 4.04. The molecule has 0 bridgehead atoms. The van der Waals surface area contributed by atoms with E-state index < -0.39 is 12.2 Å². The van der Waals surface area contributed by atoms with E-state index in [1.165, 1.54) is 41.4 Å². The summed E-state index contributed by atoms with van der Waals surface area (Å²) < 4.78 is 28.6. The molecule has 28 heavy (non-hydrogen) atoms. The van der Waals surface area contributed by atoms with Crippen LogP contribution in [0.4, 0.5) is 14.9 Å². The van der Waals surface area contributed by atoms with Crippen LogP contribution in [0, 0.1) is 5.82 Å². The van der Waals surface area contributed by atoms with Gasteiger partial charge < -0.3 is 19.5 Å². The van der Waals surface area contributed by atoms with E-state index in [0.29, 0.717) is 30.3 Å². The lowest BCUT2D eigenvalue weighted by molar-refractivity contribution is 0.0915. The van der Waals surface area contributed by atoms with E-state index in [0.717, 1.165) is 0 Å². The molecule has 0 spiro atoms. The zero-order valence-electron chi connectivity index (χ0n) is 15.3. The number of halogens is 1. The predicted molar refractivity (Wildman–Crippen MR) is 98.0 cm³/mol. The molecule has 1 aromatic heterocycles. The fraction of sp³-hybridized carbons (Fsp3) is 0.316. The molecule has 9 heteroatoms. The maximum absolute atomic E-state index is 13.0. The molecule has 1 N–H and O–H groups in total. The van der Waals surface area contributed by atoms with Crippen molar-refractivity contribution in [1.82, 2.24) is 10.3 Å². The molecule has 1 atom stereocenters. The highest BCUT2D eigenvalue weighted by Gasteiger charge is 2.32. The van der Waals surface area contributed by atoms with Crippen molar-refractivity contribution in [3.63, 3.8) is 0 Å². The second kappa shape index (κ2) is 9.14. The van der Waals surface area contributed by atoms with Gasteiger partial charge in [0.05, 0.1) is 19.7 Å². The molecule has 1 fully saturated rings. The Morgan fingerprint density at radius 1 is 1.32 bits per heavy atom. The summed E-state index contributed by atoms with van der Waals surface area (Å²) >= 11 is 0. The molecule has 1 saturated heterocycles. The Morgan fingerprint density at radius 2 is 2.11 bits per heavy atom. The third-order valence-electron chi connectivity index (χ3n) is 4.04. The Kier molecular flexibility index (Phi) is 6.38.